The SMILES string of the molecule is CC(C)C(NC(=O)C(CO)NC(=O)C(CC(=O)O)NC(=O)C(N)CC(=O)O)C(=O)O. The lowest BCUT2D eigenvalue weighted by Gasteiger charge is -2.24. The summed E-state index contributed by atoms with van der Waals surface area (Å²) in [5.41, 5.74) is 5.35. The zero-order valence-electron chi connectivity index (χ0n) is 16.3. The third kappa shape index (κ3) is 9.29. The molecule has 0 saturated carbocycles. The Morgan fingerprint density at radius 3 is 1.63 bits per heavy atom. The van der Waals surface area contributed by atoms with Crippen LogP contribution in [0.2, 0.25) is 0 Å². The van der Waals surface area contributed by atoms with Crippen molar-refractivity contribution in [1.82, 2.24) is 16.0 Å². The van der Waals surface area contributed by atoms with Gasteiger partial charge in [0.1, 0.15) is 18.1 Å². The van der Waals surface area contributed by atoms with E-state index in [1.165, 1.54) is 13.8 Å². The molecule has 0 aromatic rings. The number of aliphatic hydroxyl groups is 1. The van der Waals surface area contributed by atoms with Gasteiger partial charge in [-0.15, -0.1) is 0 Å². The molecule has 0 radical (unpaired) electrons. The van der Waals surface area contributed by atoms with Crippen molar-refractivity contribution in [2.75, 3.05) is 6.61 Å². The summed E-state index contributed by atoms with van der Waals surface area (Å²) in [6.07, 6.45) is -1.71. The van der Waals surface area contributed by atoms with Crippen molar-refractivity contribution in [3.63, 3.8) is 0 Å². The maximum absolute atomic E-state index is 12.3. The Morgan fingerprint density at radius 2 is 1.23 bits per heavy atom. The summed E-state index contributed by atoms with van der Waals surface area (Å²) in [5, 5.41) is 42.1. The van der Waals surface area contributed by atoms with Gasteiger partial charge in [0.15, 0.2) is 0 Å². The maximum Gasteiger partial charge on any atom is 0.326 e. The van der Waals surface area contributed by atoms with Gasteiger partial charge in [-0.25, -0.2) is 4.79 Å². The van der Waals surface area contributed by atoms with E-state index in [1.807, 2.05) is 10.6 Å². The van der Waals surface area contributed by atoms with Gasteiger partial charge in [0.25, 0.3) is 0 Å². The number of hydrogen-bond acceptors (Lipinski definition) is 8. The molecule has 0 heterocycles. The van der Waals surface area contributed by atoms with Gasteiger partial charge in [-0.1, -0.05) is 13.8 Å². The van der Waals surface area contributed by atoms with Crippen LogP contribution in [0.25, 0.3) is 0 Å². The van der Waals surface area contributed by atoms with Gasteiger partial charge in [-0.05, 0) is 5.92 Å². The van der Waals surface area contributed by atoms with E-state index in [9.17, 15) is 33.9 Å². The minimum absolute atomic E-state index is 0.517. The molecule has 9 N–H and O–H groups in total. The number of carbonyl (C=O) groups excluding carboxylic acids is 3. The molecule has 30 heavy (non-hydrogen) atoms. The molecular weight excluding hydrogens is 408 g/mol. The van der Waals surface area contributed by atoms with E-state index in [0.717, 1.165) is 0 Å². The molecule has 0 aliphatic heterocycles. The van der Waals surface area contributed by atoms with Crippen LogP contribution < -0.4 is 21.7 Å². The molecule has 4 unspecified atom stereocenters. The summed E-state index contributed by atoms with van der Waals surface area (Å²) < 4.78 is 0. The highest BCUT2D eigenvalue weighted by molar-refractivity contribution is 5.96. The fourth-order valence-corrected chi connectivity index (χ4v) is 2.18. The van der Waals surface area contributed by atoms with Gasteiger partial charge in [-0.3, -0.25) is 24.0 Å². The van der Waals surface area contributed by atoms with Crippen molar-refractivity contribution >= 4 is 35.6 Å². The molecule has 0 aliphatic carbocycles. The second-order valence-electron chi connectivity index (χ2n) is 6.68. The largest absolute Gasteiger partial charge is 0.481 e. The Bertz CT molecular complexity index is 681. The number of carboxylic acid groups (broad SMARTS) is 3. The van der Waals surface area contributed by atoms with Crippen LogP contribution in [0, 0.1) is 5.92 Å². The third-order valence-corrected chi connectivity index (χ3v) is 3.79. The smallest absolute Gasteiger partial charge is 0.326 e. The normalized spacial score (nSPS) is 14.7. The van der Waals surface area contributed by atoms with Crippen molar-refractivity contribution in [3.8, 4) is 0 Å². The average molecular weight is 434 g/mol. The van der Waals surface area contributed by atoms with E-state index >= 15 is 0 Å². The highest BCUT2D eigenvalue weighted by Gasteiger charge is 2.32. The van der Waals surface area contributed by atoms with Crippen molar-refractivity contribution < 1.29 is 49.2 Å². The van der Waals surface area contributed by atoms with Crippen molar-refractivity contribution in [3.05, 3.63) is 0 Å². The van der Waals surface area contributed by atoms with Crippen LogP contribution in [0.5, 0.6) is 0 Å². The second-order valence-corrected chi connectivity index (χ2v) is 6.68. The van der Waals surface area contributed by atoms with E-state index in [0.29, 0.717) is 0 Å². The van der Waals surface area contributed by atoms with Crippen LogP contribution in [0.15, 0.2) is 0 Å². The first kappa shape index (κ1) is 26.7. The van der Waals surface area contributed by atoms with Gasteiger partial charge in [0, 0.05) is 0 Å². The zero-order chi connectivity index (χ0) is 23.6. The summed E-state index contributed by atoms with van der Waals surface area (Å²) in [4.78, 5) is 69.2. The predicted octanol–water partition coefficient (Wildman–Crippen LogP) is -3.55. The molecule has 0 rings (SSSR count). The lowest BCUT2D eigenvalue weighted by atomic mass is 10.0. The van der Waals surface area contributed by atoms with Crippen molar-refractivity contribution in [1.29, 1.82) is 0 Å². The number of aliphatic carboxylic acids is 3. The first-order chi connectivity index (χ1) is 13.8. The molecule has 0 aromatic carbocycles. The minimum Gasteiger partial charge on any atom is -0.481 e. The Morgan fingerprint density at radius 1 is 0.767 bits per heavy atom. The van der Waals surface area contributed by atoms with E-state index in [4.69, 9.17) is 21.1 Å². The Balaban J connectivity index is 5.27. The molecule has 0 aliphatic rings. The van der Waals surface area contributed by atoms with Gasteiger partial charge >= 0.3 is 17.9 Å². The highest BCUT2D eigenvalue weighted by Crippen LogP contribution is 2.03. The van der Waals surface area contributed by atoms with Crippen LogP contribution in [0.1, 0.15) is 26.7 Å². The minimum atomic E-state index is -1.74. The van der Waals surface area contributed by atoms with E-state index in [1.54, 1.807) is 0 Å². The van der Waals surface area contributed by atoms with Crippen molar-refractivity contribution in [2.45, 2.75) is 50.9 Å². The molecular formula is C16H26N4O10. The molecule has 0 fully saturated rings. The lowest BCUT2D eigenvalue weighted by Crippen LogP contribution is -2.59. The van der Waals surface area contributed by atoms with Gasteiger partial charge < -0.3 is 42.1 Å². The maximum atomic E-state index is 12.3. The molecule has 0 aromatic heterocycles. The molecule has 0 saturated heterocycles. The Hall–Kier alpha value is -3.26. The number of nitrogens with two attached hydrogens (primary N) is 1. The highest BCUT2D eigenvalue weighted by atomic mass is 16.4. The number of nitrogens with one attached hydrogen (secondary N) is 3. The third-order valence-electron chi connectivity index (χ3n) is 3.79. The van der Waals surface area contributed by atoms with Crippen LogP contribution in [0.4, 0.5) is 0 Å². The number of carbonyl (C=O) groups is 6. The van der Waals surface area contributed by atoms with Crippen LogP contribution in [-0.2, 0) is 28.8 Å². The number of amides is 3. The standard InChI is InChI=1S/C16H26N4O10/c1-6(2)12(16(29)30)20-15(28)9(5-21)19-14(27)8(4-11(24)25)18-13(26)7(17)3-10(22)23/h6-9,12,21H,3-5,17H2,1-2H3,(H,18,26)(H,19,27)(H,20,28)(H,22,23)(H,24,25)(H,29,30). The molecule has 0 spiro atoms. The number of carboxylic acids is 3. The average Bonchev–Trinajstić information content (AvgIpc) is 2.61. The van der Waals surface area contributed by atoms with E-state index < -0.39 is 85.2 Å². The Labute approximate surface area is 170 Å². The molecule has 3 amide bonds. The summed E-state index contributed by atoms with van der Waals surface area (Å²) in [6, 6.07) is -6.26. The van der Waals surface area contributed by atoms with Gasteiger partial charge in [0.2, 0.25) is 17.7 Å². The van der Waals surface area contributed by atoms with Gasteiger partial charge in [0.05, 0.1) is 25.5 Å². The summed E-state index contributed by atoms with van der Waals surface area (Å²) in [7, 11) is 0. The van der Waals surface area contributed by atoms with Crippen LogP contribution in [-0.4, -0.2) is 86.8 Å². The van der Waals surface area contributed by atoms with Crippen LogP contribution >= 0.6 is 0 Å². The fraction of sp³-hybridized carbons (Fsp3) is 0.625. The zero-order valence-corrected chi connectivity index (χ0v) is 16.3. The summed E-state index contributed by atoms with van der Waals surface area (Å²) >= 11 is 0. The number of aliphatic hydroxyl groups excluding tert-OH is 1. The predicted molar refractivity (Wildman–Crippen MR) is 97.8 cm³/mol. The van der Waals surface area contributed by atoms with Crippen LogP contribution in [0.3, 0.4) is 0 Å². The molecule has 170 valence electrons. The molecule has 0 bridgehead atoms. The molecule has 14 nitrogen and oxygen atoms in total. The topological polar surface area (TPSA) is 245 Å². The first-order valence-corrected chi connectivity index (χ1v) is 8.74. The van der Waals surface area contributed by atoms with E-state index in [-0.39, 0.29) is 0 Å². The molecule has 4 atom stereocenters. The van der Waals surface area contributed by atoms with E-state index in [2.05, 4.69) is 5.32 Å². The summed E-state index contributed by atoms with van der Waals surface area (Å²) in [6.45, 7) is 2.09. The van der Waals surface area contributed by atoms with Crippen molar-refractivity contribution in [2.24, 2.45) is 11.7 Å². The van der Waals surface area contributed by atoms with Gasteiger partial charge in [-0.2, -0.15) is 0 Å². The first-order valence-electron chi connectivity index (χ1n) is 8.74. The lowest BCUT2D eigenvalue weighted by molar-refractivity contribution is -0.144. The molecule has 14 heteroatoms. The number of rotatable bonds is 13. The number of hydrogen-bond donors (Lipinski definition) is 8. The fourth-order valence-electron chi connectivity index (χ4n) is 2.18. The Kier molecular flexibility index (Phi) is 11.0. The summed E-state index contributed by atoms with van der Waals surface area (Å²) in [5.74, 6) is -8.10. The monoisotopic (exact) mass is 434 g/mol. The second kappa shape index (κ2) is 12.3. The quantitative estimate of drug-likeness (QED) is 0.141.